The molecule has 0 saturated carbocycles. The summed E-state index contributed by atoms with van der Waals surface area (Å²) in [5.74, 6) is 0.675. The number of pyridine rings is 1. The Balaban J connectivity index is 2.16. The van der Waals surface area contributed by atoms with E-state index in [0.717, 1.165) is 12.2 Å². The van der Waals surface area contributed by atoms with Gasteiger partial charge in [-0.1, -0.05) is 13.8 Å². The minimum Gasteiger partial charge on any atom is -0.387 e. The minimum atomic E-state index is -0.483. The maximum absolute atomic E-state index is 9.44. The normalized spacial score (nSPS) is 22.2. The molecule has 1 aliphatic heterocycles. The Morgan fingerprint density at radius 2 is 2.12 bits per heavy atom. The number of aromatic nitrogens is 1. The third kappa shape index (κ3) is 2.60. The Labute approximate surface area is 103 Å². The Morgan fingerprint density at radius 1 is 1.35 bits per heavy atom. The highest BCUT2D eigenvalue weighted by atomic mass is 16.3. The zero-order valence-electron chi connectivity index (χ0n) is 10.9. The van der Waals surface area contributed by atoms with Crippen LogP contribution in [0.1, 0.15) is 45.4 Å². The number of hydrogen-bond donors (Lipinski definition) is 1. The fourth-order valence-electron chi connectivity index (χ4n) is 2.62. The van der Waals surface area contributed by atoms with Gasteiger partial charge in [-0.25, -0.2) is 0 Å². The van der Waals surface area contributed by atoms with Crippen molar-refractivity contribution in [3.8, 4) is 0 Å². The molecule has 2 rings (SSSR count). The first-order valence-corrected chi connectivity index (χ1v) is 6.50. The predicted octanol–water partition coefficient (Wildman–Crippen LogP) is 2.76. The number of nitrogens with zero attached hydrogens (tertiary/aromatic N) is 2. The molecule has 1 aromatic heterocycles. The summed E-state index contributed by atoms with van der Waals surface area (Å²) in [7, 11) is 0. The second kappa shape index (κ2) is 5.05. The van der Waals surface area contributed by atoms with Gasteiger partial charge in [0.25, 0.3) is 0 Å². The molecule has 1 aromatic rings. The van der Waals surface area contributed by atoms with Gasteiger partial charge in [-0.3, -0.25) is 4.98 Å². The van der Waals surface area contributed by atoms with E-state index in [2.05, 4.69) is 29.8 Å². The molecule has 2 unspecified atom stereocenters. The second-order valence-electron chi connectivity index (χ2n) is 5.26. The molecule has 2 heterocycles. The summed E-state index contributed by atoms with van der Waals surface area (Å²) in [6, 6.07) is 4.64. The van der Waals surface area contributed by atoms with Crippen LogP contribution in [0.25, 0.3) is 0 Å². The van der Waals surface area contributed by atoms with E-state index in [-0.39, 0.29) is 0 Å². The fourth-order valence-corrected chi connectivity index (χ4v) is 2.62. The molecule has 0 aliphatic carbocycles. The van der Waals surface area contributed by atoms with E-state index in [9.17, 15) is 5.11 Å². The van der Waals surface area contributed by atoms with E-state index >= 15 is 0 Å². The maximum Gasteiger partial charge on any atom is 0.0931 e. The van der Waals surface area contributed by atoms with E-state index in [1.54, 1.807) is 6.92 Å². The number of aliphatic hydroxyl groups is 1. The third-order valence-corrected chi connectivity index (χ3v) is 3.60. The highest BCUT2D eigenvalue weighted by Gasteiger charge is 2.27. The van der Waals surface area contributed by atoms with Crippen LogP contribution in [0.2, 0.25) is 0 Å². The summed E-state index contributed by atoms with van der Waals surface area (Å²) in [5, 5.41) is 9.44. The zero-order chi connectivity index (χ0) is 12.4. The Morgan fingerprint density at radius 3 is 2.65 bits per heavy atom. The number of anilines is 1. The molecule has 1 N–H and O–H groups in total. The second-order valence-corrected chi connectivity index (χ2v) is 5.26. The molecule has 2 atom stereocenters. The molecule has 0 amide bonds. The van der Waals surface area contributed by atoms with Crippen LogP contribution in [-0.2, 0) is 0 Å². The molecule has 1 fully saturated rings. The van der Waals surface area contributed by atoms with Crippen molar-refractivity contribution in [2.24, 2.45) is 5.92 Å². The van der Waals surface area contributed by atoms with Gasteiger partial charge in [-0.05, 0) is 37.8 Å². The van der Waals surface area contributed by atoms with Crippen molar-refractivity contribution in [3.05, 3.63) is 24.0 Å². The van der Waals surface area contributed by atoms with Crippen LogP contribution in [0.4, 0.5) is 5.69 Å². The Kier molecular flexibility index (Phi) is 3.67. The zero-order valence-corrected chi connectivity index (χ0v) is 10.9. The summed E-state index contributed by atoms with van der Waals surface area (Å²) in [5.41, 5.74) is 1.93. The molecular weight excluding hydrogens is 212 g/mol. The van der Waals surface area contributed by atoms with Gasteiger partial charge in [0.2, 0.25) is 0 Å². The molecule has 0 aromatic carbocycles. The molecule has 0 spiro atoms. The smallest absolute Gasteiger partial charge is 0.0931 e. The first-order chi connectivity index (χ1) is 8.09. The lowest BCUT2D eigenvalue weighted by Gasteiger charge is -2.29. The summed E-state index contributed by atoms with van der Waals surface area (Å²) in [6.07, 6.45) is 3.95. The molecule has 17 heavy (non-hydrogen) atoms. The SMILES string of the molecule is CC(O)c1ccc(N2CCCC2C(C)C)cn1. The van der Waals surface area contributed by atoms with Crippen LogP contribution in [0, 0.1) is 5.92 Å². The van der Waals surface area contributed by atoms with Crippen LogP contribution in [0.5, 0.6) is 0 Å². The van der Waals surface area contributed by atoms with Crippen LogP contribution in [0.15, 0.2) is 18.3 Å². The number of hydrogen-bond acceptors (Lipinski definition) is 3. The minimum absolute atomic E-state index is 0.483. The lowest BCUT2D eigenvalue weighted by Crippen LogP contribution is -2.33. The lowest BCUT2D eigenvalue weighted by molar-refractivity contribution is 0.194. The quantitative estimate of drug-likeness (QED) is 0.873. The van der Waals surface area contributed by atoms with Gasteiger partial charge in [-0.2, -0.15) is 0 Å². The van der Waals surface area contributed by atoms with E-state index < -0.39 is 6.10 Å². The lowest BCUT2D eigenvalue weighted by atomic mass is 10.0. The van der Waals surface area contributed by atoms with Crippen molar-refractivity contribution in [2.45, 2.75) is 45.8 Å². The van der Waals surface area contributed by atoms with E-state index in [1.807, 2.05) is 12.3 Å². The van der Waals surface area contributed by atoms with Gasteiger partial charge in [0, 0.05) is 12.6 Å². The number of aliphatic hydroxyl groups excluding tert-OH is 1. The van der Waals surface area contributed by atoms with Crippen molar-refractivity contribution in [1.82, 2.24) is 4.98 Å². The van der Waals surface area contributed by atoms with Gasteiger partial charge in [0.15, 0.2) is 0 Å². The average Bonchev–Trinajstić information content (AvgIpc) is 2.78. The monoisotopic (exact) mass is 234 g/mol. The average molecular weight is 234 g/mol. The Hall–Kier alpha value is -1.09. The van der Waals surface area contributed by atoms with Gasteiger partial charge >= 0.3 is 0 Å². The van der Waals surface area contributed by atoms with Crippen molar-refractivity contribution >= 4 is 5.69 Å². The molecule has 1 saturated heterocycles. The fraction of sp³-hybridized carbons (Fsp3) is 0.643. The largest absolute Gasteiger partial charge is 0.387 e. The molecule has 0 radical (unpaired) electrons. The van der Waals surface area contributed by atoms with E-state index in [0.29, 0.717) is 12.0 Å². The molecule has 1 aliphatic rings. The first-order valence-electron chi connectivity index (χ1n) is 6.50. The maximum atomic E-state index is 9.44. The molecular formula is C14H22N2O. The topological polar surface area (TPSA) is 36.4 Å². The van der Waals surface area contributed by atoms with Gasteiger partial charge < -0.3 is 10.0 Å². The Bertz CT molecular complexity index is 359. The van der Waals surface area contributed by atoms with Gasteiger partial charge in [0.05, 0.1) is 23.7 Å². The molecule has 0 bridgehead atoms. The summed E-state index contributed by atoms with van der Waals surface area (Å²) in [6.45, 7) is 7.43. The van der Waals surface area contributed by atoms with Crippen LogP contribution >= 0.6 is 0 Å². The first kappa shape index (κ1) is 12.4. The molecule has 3 nitrogen and oxygen atoms in total. The van der Waals surface area contributed by atoms with Crippen LogP contribution < -0.4 is 4.90 Å². The van der Waals surface area contributed by atoms with Gasteiger partial charge in [-0.15, -0.1) is 0 Å². The van der Waals surface area contributed by atoms with Crippen molar-refractivity contribution in [2.75, 3.05) is 11.4 Å². The molecule has 3 heteroatoms. The molecule has 94 valence electrons. The highest BCUT2D eigenvalue weighted by Crippen LogP contribution is 2.29. The van der Waals surface area contributed by atoms with Gasteiger partial charge in [0.1, 0.15) is 0 Å². The number of rotatable bonds is 3. The predicted molar refractivity (Wildman–Crippen MR) is 70.1 cm³/mol. The van der Waals surface area contributed by atoms with E-state index in [1.165, 1.54) is 18.5 Å². The standard InChI is InChI=1S/C14H22N2O/c1-10(2)14-5-4-8-16(14)12-6-7-13(11(3)17)15-9-12/h6-7,9-11,14,17H,4-5,8H2,1-3H3. The van der Waals surface area contributed by atoms with E-state index in [4.69, 9.17) is 0 Å². The van der Waals surface area contributed by atoms with Crippen LogP contribution in [0.3, 0.4) is 0 Å². The third-order valence-electron chi connectivity index (χ3n) is 3.60. The van der Waals surface area contributed by atoms with Crippen molar-refractivity contribution in [3.63, 3.8) is 0 Å². The van der Waals surface area contributed by atoms with Crippen LogP contribution in [-0.4, -0.2) is 22.7 Å². The van der Waals surface area contributed by atoms with Crippen molar-refractivity contribution < 1.29 is 5.11 Å². The summed E-state index contributed by atoms with van der Waals surface area (Å²) < 4.78 is 0. The summed E-state index contributed by atoms with van der Waals surface area (Å²) in [4.78, 5) is 6.77. The van der Waals surface area contributed by atoms with Crippen molar-refractivity contribution in [1.29, 1.82) is 0 Å². The summed E-state index contributed by atoms with van der Waals surface area (Å²) >= 11 is 0. The highest BCUT2D eigenvalue weighted by molar-refractivity contribution is 5.47.